The van der Waals surface area contributed by atoms with E-state index in [4.69, 9.17) is 9.05 Å². The number of rotatable bonds is 6. The Bertz CT molecular complexity index is 3400. The first-order chi connectivity index (χ1) is 34.5. The van der Waals surface area contributed by atoms with Gasteiger partial charge in [0.1, 0.15) is 0 Å². The van der Waals surface area contributed by atoms with Crippen LogP contribution in [0.1, 0.15) is 44.5 Å². The second-order valence-electron chi connectivity index (χ2n) is 18.8. The molecule has 0 atom stereocenters. The third kappa shape index (κ3) is 5.47. The first-order valence-electron chi connectivity index (χ1n) is 24.2. The molecular weight excluding hydrogens is 887 g/mol. The summed E-state index contributed by atoms with van der Waals surface area (Å²) in [7, 11) is 0. The van der Waals surface area contributed by atoms with Gasteiger partial charge in [0.05, 0.1) is 0 Å². The van der Waals surface area contributed by atoms with Crippen LogP contribution in [0.4, 0.5) is 0 Å². The van der Waals surface area contributed by atoms with E-state index in [1.54, 1.807) is 0 Å². The van der Waals surface area contributed by atoms with Crippen LogP contribution in [0.25, 0.3) is 21.8 Å². The summed E-state index contributed by atoms with van der Waals surface area (Å²) in [6.45, 7) is -2.79. The summed E-state index contributed by atoms with van der Waals surface area (Å²) in [5.74, 6) is 1.93. The molecule has 0 unspecified atom stereocenters. The Hall–Kier alpha value is -7.86. The van der Waals surface area contributed by atoms with E-state index in [1.807, 2.05) is 0 Å². The molecule has 0 fully saturated rings. The van der Waals surface area contributed by atoms with Crippen molar-refractivity contribution >= 4 is 67.3 Å². The molecule has 0 N–H and O–H groups in total. The Morgan fingerprint density at radius 3 is 0.857 bits per heavy atom. The van der Waals surface area contributed by atoms with Crippen LogP contribution in [0.3, 0.4) is 0 Å². The minimum absolute atomic E-state index is 0.965. The van der Waals surface area contributed by atoms with Crippen LogP contribution in [0.5, 0.6) is 11.5 Å². The summed E-state index contributed by atoms with van der Waals surface area (Å²) in [6.07, 6.45) is 0. The van der Waals surface area contributed by atoms with Crippen molar-refractivity contribution in [2.75, 3.05) is 0 Å². The average Bonchev–Trinajstić information content (AvgIpc) is 4.10. The average molecular weight is 937 g/mol. The molecule has 70 heavy (non-hydrogen) atoms. The molecular formula is C66H50O2P2. The Kier molecular flexibility index (Phi) is 9.56. The molecule has 0 radical (unpaired) electrons. The number of aryl methyl sites for hydroxylation is 2. The molecule has 0 aliphatic carbocycles. The van der Waals surface area contributed by atoms with E-state index in [0.29, 0.717) is 0 Å². The molecule has 0 saturated carbocycles. The van der Waals surface area contributed by atoms with Crippen LogP contribution in [-0.2, 0) is 0 Å². The zero-order valence-electron chi connectivity index (χ0n) is 39.1. The van der Waals surface area contributed by atoms with E-state index in [-0.39, 0.29) is 0 Å². The molecule has 0 amide bonds. The van der Waals surface area contributed by atoms with Gasteiger partial charge in [-0.15, -0.1) is 0 Å². The zero-order chi connectivity index (χ0) is 47.0. The predicted octanol–water partition coefficient (Wildman–Crippen LogP) is 14.1. The normalized spacial score (nSPS) is 17.5. The van der Waals surface area contributed by atoms with Gasteiger partial charge in [0.2, 0.25) is 0 Å². The van der Waals surface area contributed by atoms with Crippen LogP contribution in [0.2, 0.25) is 0 Å². The maximum atomic E-state index is 7.55. The molecule has 0 aromatic heterocycles. The molecule has 336 valence electrons. The van der Waals surface area contributed by atoms with Crippen molar-refractivity contribution in [3.63, 3.8) is 0 Å². The Balaban J connectivity index is 0.000000137. The van der Waals surface area contributed by atoms with Crippen LogP contribution in [0.15, 0.2) is 267 Å². The molecule has 14 rings (SSSR count). The maximum absolute atomic E-state index is 7.55. The minimum atomic E-state index is -3.54. The third-order valence-corrected chi connectivity index (χ3v) is 26.6. The Morgan fingerprint density at radius 2 is 0.529 bits per heavy atom. The molecule has 4 aliphatic heterocycles. The van der Waals surface area contributed by atoms with Crippen molar-refractivity contribution in [1.29, 1.82) is 0 Å². The summed E-state index contributed by atoms with van der Waals surface area (Å²) in [6, 6.07) is 96.7. The van der Waals surface area contributed by atoms with E-state index in [2.05, 4.69) is 281 Å². The van der Waals surface area contributed by atoms with Crippen molar-refractivity contribution in [1.82, 2.24) is 0 Å². The van der Waals surface area contributed by atoms with Gasteiger partial charge in [0.15, 0.2) is 0 Å². The first kappa shape index (κ1) is 42.3. The van der Waals surface area contributed by atoms with Gasteiger partial charge in [-0.05, 0) is 0 Å². The number of hydrogen-bond acceptors (Lipinski definition) is 2. The Labute approximate surface area is 410 Å². The van der Waals surface area contributed by atoms with E-state index in [9.17, 15) is 0 Å². The number of hydrogen-bond donors (Lipinski definition) is 0. The van der Waals surface area contributed by atoms with Crippen LogP contribution < -0.4 is 40.9 Å². The summed E-state index contributed by atoms with van der Waals surface area (Å²) < 4.78 is 15.1. The number of benzene rings is 10. The van der Waals surface area contributed by atoms with Gasteiger partial charge < -0.3 is 0 Å². The van der Waals surface area contributed by atoms with Crippen molar-refractivity contribution < 1.29 is 9.05 Å². The van der Waals surface area contributed by atoms with Crippen molar-refractivity contribution in [2.45, 2.75) is 13.8 Å². The monoisotopic (exact) mass is 936 g/mol. The summed E-state index contributed by atoms with van der Waals surface area (Å²) in [5, 5.41) is 10.2. The van der Waals surface area contributed by atoms with Gasteiger partial charge in [-0.3, -0.25) is 0 Å². The molecule has 2 nitrogen and oxygen atoms in total. The van der Waals surface area contributed by atoms with Crippen LogP contribution >= 0.6 is 13.7 Å². The van der Waals surface area contributed by atoms with E-state index in [0.717, 1.165) is 11.5 Å². The summed E-state index contributed by atoms with van der Waals surface area (Å²) in [4.78, 5) is 0. The Morgan fingerprint density at radius 1 is 0.257 bits per heavy atom. The van der Waals surface area contributed by atoms with Crippen LogP contribution in [0, 0.1) is 13.8 Å². The van der Waals surface area contributed by atoms with E-state index >= 15 is 0 Å². The van der Waals surface area contributed by atoms with Crippen molar-refractivity contribution in [3.8, 4) is 11.5 Å². The molecule has 10 aromatic rings. The van der Waals surface area contributed by atoms with E-state index < -0.39 is 13.7 Å². The summed E-state index contributed by atoms with van der Waals surface area (Å²) >= 11 is 0. The SMILES string of the molecule is Cc1ccc(C2=C3c4ccccc4OP3(c3ccccc3)(c3ccccc3)c3ccccc32)cc1.Cc1ccc(C2=C3c4ccccc4OP3(c3ccccc3)(c3ccccc3)c3ccccc32)cc1. The number of fused-ring (bicyclic) bond motifs is 10. The summed E-state index contributed by atoms with van der Waals surface area (Å²) in [5.41, 5.74) is 12.5. The van der Waals surface area contributed by atoms with Gasteiger partial charge in [-0.25, -0.2) is 0 Å². The van der Waals surface area contributed by atoms with Gasteiger partial charge in [0, 0.05) is 0 Å². The topological polar surface area (TPSA) is 18.5 Å². The van der Waals surface area contributed by atoms with Gasteiger partial charge in [0.25, 0.3) is 0 Å². The van der Waals surface area contributed by atoms with Crippen molar-refractivity contribution in [3.05, 3.63) is 311 Å². The van der Waals surface area contributed by atoms with Gasteiger partial charge >= 0.3 is 413 Å². The zero-order valence-corrected chi connectivity index (χ0v) is 40.9. The van der Waals surface area contributed by atoms with Gasteiger partial charge in [-0.1, -0.05) is 0 Å². The fraction of sp³-hybridized carbons (Fsp3) is 0.0303. The molecule has 0 spiro atoms. The fourth-order valence-electron chi connectivity index (χ4n) is 12.3. The van der Waals surface area contributed by atoms with Crippen LogP contribution in [-0.4, -0.2) is 0 Å². The molecule has 0 bridgehead atoms. The second kappa shape index (κ2) is 15.8. The first-order valence-corrected chi connectivity index (χ1v) is 28.5. The molecule has 4 heterocycles. The van der Waals surface area contributed by atoms with Gasteiger partial charge in [-0.2, -0.15) is 0 Å². The van der Waals surface area contributed by atoms with Crippen molar-refractivity contribution in [2.24, 2.45) is 0 Å². The fourth-order valence-corrected chi connectivity index (χ4v) is 25.1. The molecule has 0 saturated heterocycles. The molecule has 4 heteroatoms. The third-order valence-electron chi connectivity index (χ3n) is 15.1. The second-order valence-corrected chi connectivity index (χ2v) is 27.2. The van der Waals surface area contributed by atoms with E-state index in [1.165, 1.54) is 98.1 Å². The molecule has 10 aromatic carbocycles. The predicted molar refractivity (Wildman–Crippen MR) is 299 cm³/mol. The molecule has 4 aliphatic rings. The standard InChI is InChI=1S/2C33H25OP/c2*1-24-20-22-25(23-21-24)32-29-17-9-11-19-31(29)35(26-12-4-2-5-13-26,27-14-6-3-7-15-27)33(32)28-16-8-10-18-30(28)34-35/h2*2-23H,1H3. The number of para-hydroxylation sites is 2. The quantitative estimate of drug-likeness (QED) is 0.155.